The summed E-state index contributed by atoms with van der Waals surface area (Å²) < 4.78 is 24.4. The molecule has 1 amide bonds. The van der Waals surface area contributed by atoms with Crippen molar-refractivity contribution in [3.63, 3.8) is 0 Å². The first-order valence-electron chi connectivity index (χ1n) is 6.14. The average molecular weight is 284 g/mol. The molecule has 0 unspecified atom stereocenters. The van der Waals surface area contributed by atoms with Crippen LogP contribution in [0.15, 0.2) is 29.2 Å². The van der Waals surface area contributed by atoms with E-state index in [1.54, 1.807) is 32.9 Å². The highest BCUT2D eigenvalue weighted by atomic mass is 32.2. The lowest BCUT2D eigenvalue weighted by molar-refractivity contribution is 0.0938. The third-order valence-corrected chi connectivity index (χ3v) is 5.00. The van der Waals surface area contributed by atoms with Gasteiger partial charge in [-0.05, 0) is 32.9 Å². The van der Waals surface area contributed by atoms with Gasteiger partial charge in [0.25, 0.3) is 5.91 Å². The van der Waals surface area contributed by atoms with E-state index in [-0.39, 0.29) is 16.5 Å². The number of hydrogen-bond donors (Lipinski definition) is 2. The summed E-state index contributed by atoms with van der Waals surface area (Å²) >= 11 is 0. The van der Waals surface area contributed by atoms with Gasteiger partial charge in [0, 0.05) is 12.6 Å². The van der Waals surface area contributed by atoms with Crippen LogP contribution >= 0.6 is 0 Å². The zero-order valence-corrected chi connectivity index (χ0v) is 12.2. The third-order valence-electron chi connectivity index (χ3n) is 2.79. The maximum Gasteiger partial charge on any atom is 0.252 e. The molecule has 0 saturated carbocycles. The molecule has 106 valence electrons. The SMILES string of the molecule is CC(C)S(=O)(=O)c1ccccc1C(=O)N[C@@H](C)CN. The summed E-state index contributed by atoms with van der Waals surface area (Å²) in [5.74, 6) is -0.419. The second-order valence-electron chi connectivity index (χ2n) is 4.70. The maximum absolute atomic E-state index is 12.2. The minimum atomic E-state index is -3.49. The molecular weight excluding hydrogens is 264 g/mol. The summed E-state index contributed by atoms with van der Waals surface area (Å²) in [6, 6.07) is 6.01. The zero-order valence-electron chi connectivity index (χ0n) is 11.4. The maximum atomic E-state index is 12.2. The monoisotopic (exact) mass is 284 g/mol. The first-order valence-corrected chi connectivity index (χ1v) is 7.69. The fourth-order valence-corrected chi connectivity index (χ4v) is 2.76. The molecule has 0 aliphatic rings. The van der Waals surface area contributed by atoms with Crippen molar-refractivity contribution >= 4 is 15.7 Å². The molecule has 0 aromatic heterocycles. The van der Waals surface area contributed by atoms with Gasteiger partial charge in [0.1, 0.15) is 0 Å². The Kier molecular flexibility index (Phi) is 5.08. The highest BCUT2D eigenvalue weighted by Crippen LogP contribution is 2.20. The Balaban J connectivity index is 3.21. The molecule has 3 N–H and O–H groups in total. The van der Waals surface area contributed by atoms with Crippen molar-refractivity contribution in [3.05, 3.63) is 29.8 Å². The van der Waals surface area contributed by atoms with Gasteiger partial charge >= 0.3 is 0 Å². The van der Waals surface area contributed by atoms with E-state index in [0.717, 1.165) is 0 Å². The lowest BCUT2D eigenvalue weighted by Crippen LogP contribution is -2.38. The number of amides is 1. The van der Waals surface area contributed by atoms with Gasteiger partial charge < -0.3 is 11.1 Å². The molecule has 1 atom stereocenters. The van der Waals surface area contributed by atoms with E-state index in [4.69, 9.17) is 5.73 Å². The summed E-state index contributed by atoms with van der Waals surface area (Å²) in [6.07, 6.45) is 0. The Morgan fingerprint density at radius 1 is 1.26 bits per heavy atom. The van der Waals surface area contributed by atoms with Gasteiger partial charge in [0.05, 0.1) is 15.7 Å². The lowest BCUT2D eigenvalue weighted by atomic mass is 10.2. The van der Waals surface area contributed by atoms with Crippen molar-refractivity contribution in [2.45, 2.75) is 37.0 Å². The van der Waals surface area contributed by atoms with E-state index in [1.165, 1.54) is 12.1 Å². The summed E-state index contributed by atoms with van der Waals surface area (Å²) in [4.78, 5) is 12.1. The second kappa shape index (κ2) is 6.16. The third kappa shape index (κ3) is 3.54. The molecule has 5 nitrogen and oxygen atoms in total. The largest absolute Gasteiger partial charge is 0.348 e. The number of hydrogen-bond acceptors (Lipinski definition) is 4. The van der Waals surface area contributed by atoms with Crippen LogP contribution in [-0.4, -0.2) is 32.2 Å². The summed E-state index contributed by atoms with van der Waals surface area (Å²) in [5.41, 5.74) is 5.60. The normalized spacial score (nSPS) is 13.3. The number of nitrogens with two attached hydrogens (primary N) is 1. The van der Waals surface area contributed by atoms with E-state index < -0.39 is 21.0 Å². The second-order valence-corrected chi connectivity index (χ2v) is 7.17. The van der Waals surface area contributed by atoms with Crippen molar-refractivity contribution in [2.75, 3.05) is 6.54 Å². The molecule has 0 heterocycles. The standard InChI is InChI=1S/C13H20N2O3S/c1-9(2)19(17,18)12-7-5-4-6-11(12)13(16)15-10(3)8-14/h4-7,9-10H,8,14H2,1-3H3,(H,15,16)/t10-/m0/s1. The predicted octanol–water partition coefficient (Wildman–Crippen LogP) is 0.946. The Hall–Kier alpha value is -1.40. The first-order chi connectivity index (χ1) is 8.80. The Labute approximate surface area is 114 Å². The van der Waals surface area contributed by atoms with Crippen molar-refractivity contribution in [2.24, 2.45) is 5.73 Å². The number of carbonyl (C=O) groups is 1. The zero-order chi connectivity index (χ0) is 14.6. The van der Waals surface area contributed by atoms with Crippen molar-refractivity contribution in [1.29, 1.82) is 0 Å². The van der Waals surface area contributed by atoms with Crippen LogP contribution in [0, 0.1) is 0 Å². The number of rotatable bonds is 5. The predicted molar refractivity (Wildman–Crippen MR) is 74.7 cm³/mol. The van der Waals surface area contributed by atoms with Crippen LogP contribution in [0.5, 0.6) is 0 Å². The molecule has 0 bridgehead atoms. The van der Waals surface area contributed by atoms with Gasteiger partial charge in [-0.25, -0.2) is 8.42 Å². The molecular formula is C13H20N2O3S. The van der Waals surface area contributed by atoms with Gasteiger partial charge in [0.2, 0.25) is 0 Å². The van der Waals surface area contributed by atoms with Crippen molar-refractivity contribution in [1.82, 2.24) is 5.32 Å². The van der Waals surface area contributed by atoms with Gasteiger partial charge in [-0.15, -0.1) is 0 Å². The summed E-state index contributed by atoms with van der Waals surface area (Å²) in [7, 11) is -3.49. The number of nitrogens with one attached hydrogen (secondary N) is 1. The van der Waals surface area contributed by atoms with E-state index >= 15 is 0 Å². The molecule has 1 aromatic rings. The fraction of sp³-hybridized carbons (Fsp3) is 0.462. The summed E-state index contributed by atoms with van der Waals surface area (Å²) in [5, 5.41) is 2.09. The lowest BCUT2D eigenvalue weighted by Gasteiger charge is -2.15. The van der Waals surface area contributed by atoms with E-state index in [2.05, 4.69) is 5.32 Å². The quantitative estimate of drug-likeness (QED) is 0.842. The van der Waals surface area contributed by atoms with Gasteiger partial charge in [-0.3, -0.25) is 4.79 Å². The van der Waals surface area contributed by atoms with E-state index in [0.29, 0.717) is 6.54 Å². The molecule has 0 spiro atoms. The minimum Gasteiger partial charge on any atom is -0.348 e. The number of carbonyl (C=O) groups excluding carboxylic acids is 1. The van der Waals surface area contributed by atoms with Crippen LogP contribution in [-0.2, 0) is 9.84 Å². The van der Waals surface area contributed by atoms with E-state index in [1.807, 2.05) is 0 Å². The van der Waals surface area contributed by atoms with Gasteiger partial charge in [-0.2, -0.15) is 0 Å². The Morgan fingerprint density at radius 3 is 2.37 bits per heavy atom. The molecule has 0 saturated heterocycles. The van der Waals surface area contributed by atoms with Crippen molar-refractivity contribution in [3.8, 4) is 0 Å². The molecule has 0 fully saturated rings. The highest BCUT2D eigenvalue weighted by molar-refractivity contribution is 7.92. The van der Waals surface area contributed by atoms with Crippen LogP contribution in [0.4, 0.5) is 0 Å². The molecule has 0 radical (unpaired) electrons. The van der Waals surface area contributed by atoms with Crippen LogP contribution < -0.4 is 11.1 Å². The summed E-state index contributed by atoms with van der Waals surface area (Å²) in [6.45, 7) is 5.24. The number of sulfone groups is 1. The van der Waals surface area contributed by atoms with Crippen LogP contribution in [0.25, 0.3) is 0 Å². The Bertz CT molecular complexity index is 553. The van der Waals surface area contributed by atoms with Gasteiger partial charge in [-0.1, -0.05) is 12.1 Å². The van der Waals surface area contributed by atoms with Crippen LogP contribution in [0.1, 0.15) is 31.1 Å². The first kappa shape index (κ1) is 15.7. The molecule has 0 aliphatic heterocycles. The topological polar surface area (TPSA) is 89.3 Å². The Morgan fingerprint density at radius 2 is 1.84 bits per heavy atom. The van der Waals surface area contributed by atoms with Crippen LogP contribution in [0.3, 0.4) is 0 Å². The minimum absolute atomic E-state index is 0.0618. The van der Waals surface area contributed by atoms with Crippen LogP contribution in [0.2, 0.25) is 0 Å². The number of benzene rings is 1. The van der Waals surface area contributed by atoms with Gasteiger partial charge in [0.15, 0.2) is 9.84 Å². The van der Waals surface area contributed by atoms with Crippen molar-refractivity contribution < 1.29 is 13.2 Å². The highest BCUT2D eigenvalue weighted by Gasteiger charge is 2.25. The molecule has 1 aromatic carbocycles. The fourth-order valence-electron chi connectivity index (χ4n) is 1.52. The molecule has 19 heavy (non-hydrogen) atoms. The average Bonchev–Trinajstić information content (AvgIpc) is 2.38. The smallest absolute Gasteiger partial charge is 0.252 e. The molecule has 1 rings (SSSR count). The molecule has 0 aliphatic carbocycles. The molecule has 6 heteroatoms. The van der Waals surface area contributed by atoms with E-state index in [9.17, 15) is 13.2 Å².